The van der Waals surface area contributed by atoms with Gasteiger partial charge in [0.1, 0.15) is 29.4 Å². The van der Waals surface area contributed by atoms with E-state index in [1.54, 1.807) is 12.1 Å². The predicted octanol–water partition coefficient (Wildman–Crippen LogP) is 2.90. The molecule has 0 aliphatic carbocycles. The number of halogens is 1. The van der Waals surface area contributed by atoms with Crippen molar-refractivity contribution in [2.45, 2.75) is 6.61 Å². The Morgan fingerprint density at radius 3 is 2.38 bits per heavy atom. The van der Waals surface area contributed by atoms with Gasteiger partial charge in [-0.1, -0.05) is 36.4 Å². The molecule has 206 valence electrons. The van der Waals surface area contributed by atoms with E-state index in [1.165, 1.54) is 56.4 Å². The molecule has 12 nitrogen and oxygen atoms in total. The molecule has 2 amide bonds. The van der Waals surface area contributed by atoms with Crippen molar-refractivity contribution >= 4 is 33.0 Å². The highest BCUT2D eigenvalue weighted by Gasteiger charge is 2.26. The van der Waals surface area contributed by atoms with Gasteiger partial charge in [-0.15, -0.1) is 4.68 Å². The van der Waals surface area contributed by atoms with E-state index in [-0.39, 0.29) is 29.2 Å². The summed E-state index contributed by atoms with van der Waals surface area (Å²) < 4.78 is 27.3. The number of carbonyl (C=O) groups excluding carboxylic acids is 3. The summed E-state index contributed by atoms with van der Waals surface area (Å²) in [4.78, 5) is 52.9. The van der Waals surface area contributed by atoms with Gasteiger partial charge in [-0.3, -0.25) is 9.46 Å². The van der Waals surface area contributed by atoms with Crippen molar-refractivity contribution in [1.82, 2.24) is 24.7 Å². The second-order valence-corrected chi connectivity index (χ2v) is 9.04. The molecule has 0 aliphatic rings. The maximum atomic E-state index is 14.8. The van der Waals surface area contributed by atoms with Crippen LogP contribution in [0.5, 0.6) is 5.75 Å². The Morgan fingerprint density at radius 2 is 1.70 bits per heavy atom. The maximum absolute atomic E-state index is 14.8. The van der Waals surface area contributed by atoms with Crippen LogP contribution in [0.1, 0.15) is 26.3 Å². The minimum atomic E-state index is -1.12. The molecule has 0 fully saturated rings. The van der Waals surface area contributed by atoms with E-state index in [1.807, 2.05) is 18.2 Å². The fourth-order valence-electron chi connectivity index (χ4n) is 3.67. The SMILES string of the molecule is COc1ccc(N(P)C(=O)n2nnn(-c3c(F)cccc3C(=O)N(C)C)c2=O)cc1C(=O)OCc1ccccc1. The first-order chi connectivity index (χ1) is 19.1. The fraction of sp³-hybridized carbons (Fsp3) is 0.154. The lowest BCUT2D eigenvalue weighted by molar-refractivity contribution is 0.0469. The van der Waals surface area contributed by atoms with Crippen molar-refractivity contribution in [2.24, 2.45) is 0 Å². The first-order valence-electron chi connectivity index (χ1n) is 11.7. The number of para-hydroxylation sites is 1. The number of rotatable bonds is 7. The topological polar surface area (TPSA) is 129 Å². The average molecular weight is 566 g/mol. The van der Waals surface area contributed by atoms with E-state index in [2.05, 4.69) is 19.8 Å². The average Bonchev–Trinajstić information content (AvgIpc) is 3.35. The molecule has 4 aromatic rings. The molecule has 1 atom stereocenters. The van der Waals surface area contributed by atoms with E-state index in [4.69, 9.17) is 9.47 Å². The molecule has 4 rings (SSSR count). The number of methoxy groups -OCH3 is 1. The first-order valence-corrected chi connectivity index (χ1v) is 12.2. The fourth-order valence-corrected chi connectivity index (χ4v) is 3.94. The third kappa shape index (κ3) is 5.59. The number of hydrogen-bond acceptors (Lipinski definition) is 8. The van der Waals surface area contributed by atoms with Crippen LogP contribution in [0, 0.1) is 5.82 Å². The monoisotopic (exact) mass is 566 g/mol. The number of carbonyl (C=O) groups is 3. The third-order valence-electron chi connectivity index (χ3n) is 5.70. The Labute approximate surface area is 229 Å². The normalized spacial score (nSPS) is 10.6. The second kappa shape index (κ2) is 11.9. The minimum absolute atomic E-state index is 0.0173. The van der Waals surface area contributed by atoms with Crippen molar-refractivity contribution in [3.63, 3.8) is 0 Å². The van der Waals surface area contributed by atoms with Crippen molar-refractivity contribution in [1.29, 1.82) is 0 Å². The summed E-state index contributed by atoms with van der Waals surface area (Å²) in [5.74, 6) is -1.99. The van der Waals surface area contributed by atoms with Crippen LogP contribution in [0.2, 0.25) is 0 Å². The maximum Gasteiger partial charge on any atom is 0.377 e. The van der Waals surface area contributed by atoms with E-state index in [0.717, 1.165) is 16.3 Å². The molecule has 0 aliphatic heterocycles. The Balaban J connectivity index is 1.63. The van der Waals surface area contributed by atoms with E-state index < -0.39 is 35.1 Å². The zero-order valence-electron chi connectivity index (χ0n) is 21.6. The number of anilines is 1. The van der Waals surface area contributed by atoms with Crippen LogP contribution in [0.25, 0.3) is 5.69 Å². The van der Waals surface area contributed by atoms with E-state index >= 15 is 0 Å². The van der Waals surface area contributed by atoms with Gasteiger partial charge < -0.3 is 14.4 Å². The standard InChI is InChI=1S/C26H24FN6O6P/c1-30(2)23(34)18-10-7-11-20(27)22(18)31-25(36)32(29-28-31)26(37)33(40)17-12-13-21(38-3)19(14-17)24(35)39-15-16-8-5-4-6-9-16/h4-14H,15,40H2,1-3H3. The Bertz CT molecular complexity index is 1640. The summed E-state index contributed by atoms with van der Waals surface area (Å²) in [5, 5.41) is 7.21. The van der Waals surface area contributed by atoms with Gasteiger partial charge in [-0.05, 0) is 55.7 Å². The summed E-state index contributed by atoms with van der Waals surface area (Å²) >= 11 is 0. The summed E-state index contributed by atoms with van der Waals surface area (Å²) in [5.41, 5.74) is -0.742. The highest BCUT2D eigenvalue weighted by atomic mass is 31.0. The highest BCUT2D eigenvalue weighted by Crippen LogP contribution is 2.28. The predicted molar refractivity (Wildman–Crippen MR) is 145 cm³/mol. The Hall–Kier alpha value is -4.90. The molecule has 1 aromatic heterocycles. The first kappa shape index (κ1) is 28.1. The lowest BCUT2D eigenvalue weighted by atomic mass is 10.1. The number of ether oxygens (including phenoxy) is 2. The van der Waals surface area contributed by atoms with Gasteiger partial charge in [0.2, 0.25) is 0 Å². The molecule has 1 heterocycles. The van der Waals surface area contributed by atoms with Crippen LogP contribution in [0.3, 0.4) is 0 Å². The molecule has 3 aromatic carbocycles. The summed E-state index contributed by atoms with van der Waals surface area (Å²) in [7, 11) is 6.43. The number of benzene rings is 3. The van der Waals surface area contributed by atoms with Crippen LogP contribution >= 0.6 is 9.39 Å². The lowest BCUT2D eigenvalue weighted by Crippen LogP contribution is -2.37. The molecule has 14 heteroatoms. The number of hydrogen-bond donors (Lipinski definition) is 0. The molecule has 0 radical (unpaired) electrons. The van der Waals surface area contributed by atoms with Crippen LogP contribution in [0.4, 0.5) is 14.9 Å². The molecule has 0 saturated carbocycles. The molecule has 0 spiro atoms. The van der Waals surface area contributed by atoms with Gasteiger partial charge in [0, 0.05) is 19.8 Å². The van der Waals surface area contributed by atoms with E-state index in [9.17, 15) is 23.6 Å². The van der Waals surface area contributed by atoms with E-state index in [0.29, 0.717) is 9.36 Å². The van der Waals surface area contributed by atoms with Gasteiger partial charge in [0.25, 0.3) is 5.91 Å². The lowest BCUT2D eigenvalue weighted by Gasteiger charge is -2.17. The van der Waals surface area contributed by atoms with Gasteiger partial charge in [-0.2, -0.15) is 4.68 Å². The van der Waals surface area contributed by atoms with Crippen LogP contribution < -0.4 is 15.1 Å². The van der Waals surface area contributed by atoms with Crippen molar-refractivity contribution in [3.05, 3.63) is 99.7 Å². The minimum Gasteiger partial charge on any atom is -0.496 e. The summed E-state index contributed by atoms with van der Waals surface area (Å²) in [6, 6.07) is 16.0. The van der Waals surface area contributed by atoms with Gasteiger partial charge in [0.05, 0.1) is 12.7 Å². The molecular weight excluding hydrogens is 542 g/mol. The number of tetrazole rings is 1. The Kier molecular flexibility index (Phi) is 8.34. The molecule has 40 heavy (non-hydrogen) atoms. The largest absolute Gasteiger partial charge is 0.496 e. The van der Waals surface area contributed by atoms with Crippen molar-refractivity contribution in [3.8, 4) is 11.4 Å². The zero-order chi connectivity index (χ0) is 29.0. The third-order valence-corrected chi connectivity index (χ3v) is 6.22. The Morgan fingerprint density at radius 1 is 0.975 bits per heavy atom. The molecule has 0 bridgehead atoms. The smallest absolute Gasteiger partial charge is 0.377 e. The number of nitrogens with zero attached hydrogens (tertiary/aromatic N) is 6. The van der Waals surface area contributed by atoms with Crippen LogP contribution in [-0.4, -0.2) is 63.8 Å². The summed E-state index contributed by atoms with van der Waals surface area (Å²) in [6.45, 7) is 0.0173. The zero-order valence-corrected chi connectivity index (χ0v) is 22.8. The number of esters is 1. The van der Waals surface area contributed by atoms with Crippen molar-refractivity contribution < 1.29 is 28.2 Å². The molecule has 0 saturated heterocycles. The van der Waals surface area contributed by atoms with Gasteiger partial charge >= 0.3 is 17.7 Å². The van der Waals surface area contributed by atoms with Crippen LogP contribution in [-0.2, 0) is 11.3 Å². The van der Waals surface area contributed by atoms with Crippen molar-refractivity contribution in [2.75, 3.05) is 25.9 Å². The van der Waals surface area contributed by atoms with Gasteiger partial charge in [0.15, 0.2) is 0 Å². The molecule has 0 N–H and O–H groups in total. The summed E-state index contributed by atoms with van der Waals surface area (Å²) in [6.07, 6.45) is 0. The quantitative estimate of drug-likeness (QED) is 0.190. The molecule has 1 unspecified atom stereocenters. The molecular formula is C26H24FN6O6P. The number of aromatic nitrogens is 4. The van der Waals surface area contributed by atoms with Crippen LogP contribution in [0.15, 0.2) is 71.5 Å². The highest BCUT2D eigenvalue weighted by molar-refractivity contribution is 7.21. The second-order valence-electron chi connectivity index (χ2n) is 8.52. The number of amides is 2. The van der Waals surface area contributed by atoms with Gasteiger partial charge in [-0.25, -0.2) is 18.8 Å².